The van der Waals surface area contributed by atoms with E-state index in [2.05, 4.69) is 0 Å². The van der Waals surface area contributed by atoms with Crippen LogP contribution in [0.2, 0.25) is 0 Å². The van der Waals surface area contributed by atoms with Gasteiger partial charge < -0.3 is 9.47 Å². The SMILES string of the molecule is C/C=C/C(Cl)Oc1c(C=O)cccc1OC. The molecule has 0 amide bonds. The molecule has 0 spiro atoms. The van der Waals surface area contributed by atoms with Gasteiger partial charge in [-0.25, -0.2) is 0 Å². The number of halogens is 1. The fraction of sp³-hybridized carbons (Fsp3) is 0.250. The van der Waals surface area contributed by atoms with Gasteiger partial charge in [-0.2, -0.15) is 0 Å². The molecule has 3 nitrogen and oxygen atoms in total. The first-order valence-corrected chi connectivity index (χ1v) is 5.22. The minimum Gasteiger partial charge on any atom is -0.493 e. The number of para-hydroxylation sites is 1. The third-order valence-corrected chi connectivity index (χ3v) is 2.17. The summed E-state index contributed by atoms with van der Waals surface area (Å²) in [4.78, 5) is 10.8. The van der Waals surface area contributed by atoms with Gasteiger partial charge in [0.25, 0.3) is 0 Å². The highest BCUT2D eigenvalue weighted by molar-refractivity contribution is 6.21. The molecule has 0 heterocycles. The van der Waals surface area contributed by atoms with E-state index in [-0.39, 0.29) is 0 Å². The summed E-state index contributed by atoms with van der Waals surface area (Å²) < 4.78 is 10.5. The smallest absolute Gasteiger partial charge is 0.191 e. The monoisotopic (exact) mass is 240 g/mol. The number of benzene rings is 1. The molecule has 0 N–H and O–H groups in total. The minimum absolute atomic E-state index is 0.359. The molecule has 4 heteroatoms. The first-order valence-electron chi connectivity index (χ1n) is 4.78. The second-order valence-electron chi connectivity index (χ2n) is 2.99. The zero-order valence-corrected chi connectivity index (χ0v) is 9.90. The van der Waals surface area contributed by atoms with Gasteiger partial charge in [0.2, 0.25) is 0 Å². The van der Waals surface area contributed by atoms with Crippen LogP contribution in [0.1, 0.15) is 17.3 Å². The van der Waals surface area contributed by atoms with Gasteiger partial charge in [0.1, 0.15) is 0 Å². The van der Waals surface area contributed by atoms with Crippen LogP contribution in [0.4, 0.5) is 0 Å². The number of aldehydes is 1. The van der Waals surface area contributed by atoms with Gasteiger partial charge in [0.05, 0.1) is 12.7 Å². The Morgan fingerprint density at radius 1 is 1.44 bits per heavy atom. The van der Waals surface area contributed by atoms with Crippen molar-refractivity contribution in [3.8, 4) is 11.5 Å². The van der Waals surface area contributed by atoms with Gasteiger partial charge in [-0.05, 0) is 25.1 Å². The summed E-state index contributed by atoms with van der Waals surface area (Å²) in [6, 6.07) is 5.07. The van der Waals surface area contributed by atoms with Crippen molar-refractivity contribution >= 4 is 17.9 Å². The van der Waals surface area contributed by atoms with E-state index in [1.54, 1.807) is 30.4 Å². The number of alkyl halides is 1. The molecule has 0 aromatic heterocycles. The molecule has 1 unspecified atom stereocenters. The lowest BCUT2D eigenvalue weighted by Gasteiger charge is -2.14. The van der Waals surface area contributed by atoms with Gasteiger partial charge in [0, 0.05) is 0 Å². The van der Waals surface area contributed by atoms with Crippen LogP contribution >= 0.6 is 11.6 Å². The van der Waals surface area contributed by atoms with Crippen molar-refractivity contribution in [2.45, 2.75) is 12.5 Å². The largest absolute Gasteiger partial charge is 0.493 e. The molecule has 0 radical (unpaired) electrons. The van der Waals surface area contributed by atoms with Crippen molar-refractivity contribution < 1.29 is 14.3 Å². The second kappa shape index (κ2) is 6.18. The highest BCUT2D eigenvalue weighted by atomic mass is 35.5. The van der Waals surface area contributed by atoms with Crippen LogP contribution in [0.5, 0.6) is 11.5 Å². The van der Waals surface area contributed by atoms with E-state index < -0.39 is 5.56 Å². The number of hydrogen-bond donors (Lipinski definition) is 0. The zero-order chi connectivity index (χ0) is 12.0. The molecule has 0 aliphatic carbocycles. The van der Waals surface area contributed by atoms with Gasteiger partial charge in [-0.15, -0.1) is 0 Å². The van der Waals surface area contributed by atoms with Crippen LogP contribution < -0.4 is 9.47 Å². The quantitative estimate of drug-likeness (QED) is 0.451. The third-order valence-electron chi connectivity index (χ3n) is 1.93. The predicted octanol–water partition coefficient (Wildman–Crippen LogP) is 3.03. The molecule has 0 fully saturated rings. The molecule has 0 saturated heterocycles. The molecule has 0 aliphatic heterocycles. The van der Waals surface area contributed by atoms with E-state index in [0.29, 0.717) is 23.3 Å². The zero-order valence-electron chi connectivity index (χ0n) is 9.14. The Labute approximate surface area is 99.6 Å². The molecule has 86 valence electrons. The Balaban J connectivity index is 3.03. The Morgan fingerprint density at radius 3 is 2.75 bits per heavy atom. The maximum Gasteiger partial charge on any atom is 0.191 e. The average Bonchev–Trinajstić information content (AvgIpc) is 2.29. The van der Waals surface area contributed by atoms with E-state index in [9.17, 15) is 4.79 Å². The van der Waals surface area contributed by atoms with Crippen LogP contribution in [0.3, 0.4) is 0 Å². The molecule has 0 bridgehead atoms. The van der Waals surface area contributed by atoms with Crippen molar-refractivity contribution in [1.29, 1.82) is 0 Å². The predicted molar refractivity (Wildman–Crippen MR) is 63.5 cm³/mol. The molecule has 1 rings (SSSR count). The number of hydrogen-bond acceptors (Lipinski definition) is 3. The summed E-state index contributed by atoms with van der Waals surface area (Å²) in [6.07, 6.45) is 4.15. The third kappa shape index (κ3) is 3.00. The number of methoxy groups -OCH3 is 1. The fourth-order valence-electron chi connectivity index (χ4n) is 1.22. The Kier molecular flexibility index (Phi) is 4.86. The summed E-state index contributed by atoms with van der Waals surface area (Å²) in [5, 5.41) is 0. The lowest BCUT2D eigenvalue weighted by Crippen LogP contribution is -2.07. The van der Waals surface area contributed by atoms with Crippen LogP contribution in [0.25, 0.3) is 0 Å². The molecule has 1 aromatic carbocycles. The van der Waals surface area contributed by atoms with Crippen molar-refractivity contribution in [2.75, 3.05) is 7.11 Å². The Bertz CT molecular complexity index is 388. The minimum atomic E-state index is -0.625. The van der Waals surface area contributed by atoms with E-state index in [1.807, 2.05) is 6.92 Å². The van der Waals surface area contributed by atoms with Crippen molar-refractivity contribution in [2.24, 2.45) is 0 Å². The average molecular weight is 241 g/mol. The molecule has 1 atom stereocenters. The van der Waals surface area contributed by atoms with Gasteiger partial charge in [-0.3, -0.25) is 4.79 Å². The van der Waals surface area contributed by atoms with Crippen molar-refractivity contribution in [3.63, 3.8) is 0 Å². The van der Waals surface area contributed by atoms with Crippen molar-refractivity contribution in [3.05, 3.63) is 35.9 Å². The maximum absolute atomic E-state index is 10.8. The standard InChI is InChI=1S/C12H13ClO3/c1-3-5-11(13)16-12-9(8-14)6-4-7-10(12)15-2/h3-8,11H,1-2H3/b5-3+. The molecule has 16 heavy (non-hydrogen) atoms. The summed E-state index contributed by atoms with van der Waals surface area (Å²) in [6.45, 7) is 1.83. The van der Waals surface area contributed by atoms with E-state index >= 15 is 0 Å². The summed E-state index contributed by atoms with van der Waals surface area (Å²) in [5.41, 5.74) is -0.213. The second-order valence-corrected chi connectivity index (χ2v) is 3.42. The summed E-state index contributed by atoms with van der Waals surface area (Å²) >= 11 is 5.89. The highest BCUT2D eigenvalue weighted by Crippen LogP contribution is 2.31. The summed E-state index contributed by atoms with van der Waals surface area (Å²) in [7, 11) is 1.51. The van der Waals surface area contributed by atoms with Gasteiger partial charge in [0.15, 0.2) is 23.3 Å². The van der Waals surface area contributed by atoms with Crippen molar-refractivity contribution in [1.82, 2.24) is 0 Å². The number of rotatable bonds is 5. The van der Waals surface area contributed by atoms with Crippen LogP contribution in [-0.4, -0.2) is 19.0 Å². The molecular weight excluding hydrogens is 228 g/mol. The molecule has 0 aliphatic rings. The molecular formula is C12H13ClO3. The first kappa shape index (κ1) is 12.6. The number of carbonyl (C=O) groups is 1. The Hall–Kier alpha value is -1.48. The highest BCUT2D eigenvalue weighted by Gasteiger charge is 2.12. The first-order chi connectivity index (χ1) is 7.72. The fourth-order valence-corrected chi connectivity index (χ4v) is 1.45. The topological polar surface area (TPSA) is 35.5 Å². The van der Waals surface area contributed by atoms with E-state index in [0.717, 1.165) is 0 Å². The number of carbonyl (C=O) groups excluding carboxylic acids is 1. The van der Waals surface area contributed by atoms with Crippen LogP contribution in [-0.2, 0) is 0 Å². The lowest BCUT2D eigenvalue weighted by atomic mass is 10.2. The van der Waals surface area contributed by atoms with Gasteiger partial charge >= 0.3 is 0 Å². The number of ether oxygens (including phenoxy) is 2. The van der Waals surface area contributed by atoms with E-state index in [4.69, 9.17) is 21.1 Å². The molecule has 1 aromatic rings. The van der Waals surface area contributed by atoms with Crippen LogP contribution in [0, 0.1) is 0 Å². The van der Waals surface area contributed by atoms with Gasteiger partial charge in [-0.1, -0.05) is 23.7 Å². The van der Waals surface area contributed by atoms with Crippen LogP contribution in [0.15, 0.2) is 30.4 Å². The lowest BCUT2D eigenvalue weighted by molar-refractivity contribution is 0.111. The Morgan fingerprint density at radius 2 is 2.19 bits per heavy atom. The molecule has 0 saturated carbocycles. The maximum atomic E-state index is 10.8. The number of allylic oxidation sites excluding steroid dienone is 1. The summed E-state index contributed by atoms with van der Waals surface area (Å²) in [5.74, 6) is 0.845. The van der Waals surface area contributed by atoms with E-state index in [1.165, 1.54) is 7.11 Å². The normalized spacial score (nSPS) is 12.4.